The summed E-state index contributed by atoms with van der Waals surface area (Å²) in [7, 11) is -3.03. The van der Waals surface area contributed by atoms with Gasteiger partial charge in [0.2, 0.25) is 0 Å². The molecule has 2 aliphatic rings. The quantitative estimate of drug-likeness (QED) is 0.894. The maximum absolute atomic E-state index is 12.0. The molecule has 1 aromatic carbocycles. The Hall–Kier alpha value is -0.870. The highest BCUT2D eigenvalue weighted by Gasteiger charge is 2.36. The van der Waals surface area contributed by atoms with Gasteiger partial charge in [0.05, 0.1) is 10.1 Å². The number of hydrogen-bond acceptors (Lipinski definition) is 3. The summed E-state index contributed by atoms with van der Waals surface area (Å²) in [5, 5.41) is 3.30. The van der Waals surface area contributed by atoms with Crippen LogP contribution in [0.4, 0.5) is 0 Å². The number of nitrogens with one attached hydrogen (secondary N) is 1. The van der Waals surface area contributed by atoms with Gasteiger partial charge in [0, 0.05) is 6.04 Å². The summed E-state index contributed by atoms with van der Waals surface area (Å²) in [6, 6.07) is 7.86. The Balaban J connectivity index is 1.84. The molecule has 0 spiro atoms. The molecule has 17 heavy (non-hydrogen) atoms. The first-order valence-electron chi connectivity index (χ1n) is 6.25. The molecule has 0 radical (unpaired) electrons. The van der Waals surface area contributed by atoms with Crippen LogP contribution in [0, 0.1) is 0 Å². The van der Waals surface area contributed by atoms with Crippen LogP contribution in [0.25, 0.3) is 0 Å². The predicted octanol–water partition coefficient (Wildman–Crippen LogP) is 2.05. The van der Waals surface area contributed by atoms with Crippen LogP contribution in [-0.2, 0) is 9.84 Å². The van der Waals surface area contributed by atoms with Gasteiger partial charge in [-0.25, -0.2) is 8.42 Å². The smallest absolute Gasteiger partial charge is 0.181 e. The van der Waals surface area contributed by atoms with Gasteiger partial charge < -0.3 is 5.32 Å². The zero-order valence-corrected chi connectivity index (χ0v) is 10.5. The summed E-state index contributed by atoms with van der Waals surface area (Å²) < 4.78 is 24.0. The van der Waals surface area contributed by atoms with Gasteiger partial charge in [0.25, 0.3) is 0 Å². The summed E-state index contributed by atoms with van der Waals surface area (Å²) in [5.41, 5.74) is 1.21. The van der Waals surface area contributed by atoms with Crippen molar-refractivity contribution in [3.8, 4) is 0 Å². The highest BCUT2D eigenvalue weighted by Crippen LogP contribution is 2.34. The molecule has 1 saturated carbocycles. The van der Waals surface area contributed by atoms with Gasteiger partial charge in [-0.2, -0.15) is 0 Å². The van der Waals surface area contributed by atoms with Crippen LogP contribution in [0.2, 0.25) is 0 Å². The van der Waals surface area contributed by atoms with Gasteiger partial charge in [-0.05, 0) is 49.9 Å². The fourth-order valence-corrected chi connectivity index (χ4v) is 4.09. The highest BCUT2D eigenvalue weighted by atomic mass is 32.2. The molecule has 1 aliphatic carbocycles. The highest BCUT2D eigenvalue weighted by molar-refractivity contribution is 7.92. The number of benzene rings is 1. The Labute approximate surface area is 102 Å². The van der Waals surface area contributed by atoms with Crippen LogP contribution >= 0.6 is 0 Å². The molecule has 0 bridgehead atoms. The maximum Gasteiger partial charge on any atom is 0.181 e. The minimum Gasteiger partial charge on any atom is -0.310 e. The van der Waals surface area contributed by atoms with Gasteiger partial charge in [-0.3, -0.25) is 0 Å². The van der Waals surface area contributed by atoms with Gasteiger partial charge in [0.1, 0.15) is 0 Å². The Kier molecular flexibility index (Phi) is 2.71. The summed E-state index contributed by atoms with van der Waals surface area (Å²) in [5.74, 6) is 0. The molecule has 1 aromatic rings. The lowest BCUT2D eigenvalue weighted by molar-refractivity contribution is 0.594. The molecule has 1 saturated heterocycles. The van der Waals surface area contributed by atoms with E-state index < -0.39 is 9.84 Å². The van der Waals surface area contributed by atoms with Gasteiger partial charge >= 0.3 is 0 Å². The molecule has 0 amide bonds. The van der Waals surface area contributed by atoms with Crippen LogP contribution in [-0.4, -0.2) is 20.2 Å². The lowest BCUT2D eigenvalue weighted by Gasteiger charge is -2.11. The molecule has 1 heterocycles. The van der Waals surface area contributed by atoms with Gasteiger partial charge in [-0.1, -0.05) is 12.1 Å². The van der Waals surface area contributed by atoms with E-state index >= 15 is 0 Å². The van der Waals surface area contributed by atoms with E-state index in [9.17, 15) is 8.42 Å². The molecule has 2 fully saturated rings. The Morgan fingerprint density at radius 1 is 1.06 bits per heavy atom. The third-order valence-electron chi connectivity index (χ3n) is 3.63. The van der Waals surface area contributed by atoms with Crippen LogP contribution in [0.3, 0.4) is 0 Å². The van der Waals surface area contributed by atoms with E-state index in [4.69, 9.17) is 0 Å². The molecule has 3 nitrogen and oxygen atoms in total. The number of sulfone groups is 1. The zero-order valence-electron chi connectivity index (χ0n) is 9.72. The van der Waals surface area contributed by atoms with E-state index in [1.807, 2.05) is 12.1 Å². The largest absolute Gasteiger partial charge is 0.310 e. The second-order valence-electron chi connectivity index (χ2n) is 4.96. The Morgan fingerprint density at radius 2 is 1.76 bits per heavy atom. The van der Waals surface area contributed by atoms with Crippen LogP contribution in [0.5, 0.6) is 0 Å². The van der Waals surface area contributed by atoms with Crippen molar-refractivity contribution in [2.45, 2.75) is 41.9 Å². The zero-order chi connectivity index (χ0) is 11.9. The van der Waals surface area contributed by atoms with Crippen molar-refractivity contribution >= 4 is 9.84 Å². The summed E-state index contributed by atoms with van der Waals surface area (Å²) in [6.45, 7) is 1.06. The first-order chi connectivity index (χ1) is 8.18. The number of hydrogen-bond donors (Lipinski definition) is 1. The second kappa shape index (κ2) is 4.10. The average Bonchev–Trinajstić information content (AvgIpc) is 3.07. The molecule has 3 rings (SSSR count). The lowest BCUT2D eigenvalue weighted by atomic mass is 10.1. The van der Waals surface area contributed by atoms with E-state index in [0.29, 0.717) is 10.9 Å². The summed E-state index contributed by atoms with van der Waals surface area (Å²) in [6.07, 6.45) is 4.00. The van der Waals surface area contributed by atoms with Crippen molar-refractivity contribution in [3.63, 3.8) is 0 Å². The third kappa shape index (κ3) is 2.11. The normalized spacial score (nSPS) is 25.1. The molecule has 0 aromatic heterocycles. The first-order valence-corrected chi connectivity index (χ1v) is 7.80. The molecule has 92 valence electrons. The van der Waals surface area contributed by atoms with Crippen LogP contribution in [0.1, 0.15) is 37.3 Å². The minimum absolute atomic E-state index is 0.113. The standard InChI is InChI=1S/C13H17NO2S/c15-17(16,12-7-8-12)11-5-3-10(4-6-11)13-2-1-9-14-13/h3-6,12-14H,1-2,7-9H2. The van der Waals surface area contributed by atoms with E-state index in [-0.39, 0.29) is 5.25 Å². The van der Waals surface area contributed by atoms with Crippen molar-refractivity contribution in [1.29, 1.82) is 0 Å². The second-order valence-corrected chi connectivity index (χ2v) is 7.19. The molecule has 1 unspecified atom stereocenters. The van der Waals surface area contributed by atoms with Crippen LogP contribution in [0.15, 0.2) is 29.2 Å². The minimum atomic E-state index is -3.03. The first kappa shape index (κ1) is 11.2. The van der Waals surface area contributed by atoms with Crippen molar-refractivity contribution in [2.75, 3.05) is 6.54 Å². The topological polar surface area (TPSA) is 46.2 Å². The predicted molar refractivity (Wildman–Crippen MR) is 66.6 cm³/mol. The molecule has 1 aliphatic heterocycles. The van der Waals surface area contributed by atoms with E-state index in [1.165, 1.54) is 12.0 Å². The Morgan fingerprint density at radius 3 is 2.29 bits per heavy atom. The monoisotopic (exact) mass is 251 g/mol. The fourth-order valence-electron chi connectivity index (χ4n) is 2.43. The number of rotatable bonds is 3. The van der Waals surface area contributed by atoms with Crippen LogP contribution < -0.4 is 5.32 Å². The molecule has 1 N–H and O–H groups in total. The van der Waals surface area contributed by atoms with Crippen molar-refractivity contribution in [1.82, 2.24) is 5.32 Å². The van der Waals surface area contributed by atoms with Gasteiger partial charge in [-0.15, -0.1) is 0 Å². The summed E-state index contributed by atoms with van der Waals surface area (Å²) in [4.78, 5) is 0.488. The average molecular weight is 251 g/mol. The maximum atomic E-state index is 12.0. The fraction of sp³-hybridized carbons (Fsp3) is 0.538. The van der Waals surface area contributed by atoms with E-state index in [0.717, 1.165) is 25.8 Å². The van der Waals surface area contributed by atoms with Crippen molar-refractivity contribution < 1.29 is 8.42 Å². The Bertz CT molecular complexity index is 497. The van der Waals surface area contributed by atoms with Crippen molar-refractivity contribution in [2.24, 2.45) is 0 Å². The molecule has 1 atom stereocenters. The summed E-state index contributed by atoms with van der Waals surface area (Å²) >= 11 is 0. The van der Waals surface area contributed by atoms with E-state index in [1.54, 1.807) is 12.1 Å². The SMILES string of the molecule is O=S(=O)(c1ccc(C2CCCN2)cc1)C1CC1. The molecular formula is C13H17NO2S. The molecular weight excluding hydrogens is 234 g/mol. The van der Waals surface area contributed by atoms with Gasteiger partial charge in [0.15, 0.2) is 9.84 Å². The van der Waals surface area contributed by atoms with Crippen molar-refractivity contribution in [3.05, 3.63) is 29.8 Å². The molecule has 4 heteroatoms. The van der Waals surface area contributed by atoms with E-state index in [2.05, 4.69) is 5.32 Å². The lowest BCUT2D eigenvalue weighted by Crippen LogP contribution is -2.13. The third-order valence-corrected chi connectivity index (χ3v) is 5.91.